The normalized spacial score (nSPS) is 22.2. The maximum absolute atomic E-state index is 13.1. The van der Waals surface area contributed by atoms with E-state index in [9.17, 15) is 9.59 Å². The molecule has 156 valence electrons. The molecule has 0 radical (unpaired) electrons. The van der Waals surface area contributed by atoms with Crippen molar-refractivity contribution in [1.29, 1.82) is 0 Å². The first-order chi connectivity index (χ1) is 14.6. The van der Waals surface area contributed by atoms with Gasteiger partial charge in [0.1, 0.15) is 0 Å². The van der Waals surface area contributed by atoms with Gasteiger partial charge in [-0.3, -0.25) is 19.4 Å². The van der Waals surface area contributed by atoms with Crippen molar-refractivity contribution >= 4 is 17.5 Å². The van der Waals surface area contributed by atoms with Crippen molar-refractivity contribution in [3.05, 3.63) is 53.6 Å². The number of benzene rings is 2. The lowest BCUT2D eigenvalue weighted by Gasteiger charge is -2.37. The summed E-state index contributed by atoms with van der Waals surface area (Å²) in [7, 11) is 0. The first-order valence-electron chi connectivity index (χ1n) is 10.4. The number of anilines is 1. The van der Waals surface area contributed by atoms with E-state index in [0.29, 0.717) is 5.69 Å². The van der Waals surface area contributed by atoms with Gasteiger partial charge in [0.05, 0.1) is 18.2 Å². The van der Waals surface area contributed by atoms with Gasteiger partial charge in [0.2, 0.25) is 12.7 Å². The fraction of sp³-hybridized carbons (Fsp3) is 0.391. The minimum Gasteiger partial charge on any atom is -0.454 e. The first kappa shape index (κ1) is 19.1. The summed E-state index contributed by atoms with van der Waals surface area (Å²) in [6, 6.07) is 13.3. The van der Waals surface area contributed by atoms with E-state index in [1.54, 1.807) is 0 Å². The average molecular weight is 407 g/mol. The Hall–Kier alpha value is -2.90. The molecule has 30 heavy (non-hydrogen) atoms. The number of piperazine rings is 1. The highest BCUT2D eigenvalue weighted by molar-refractivity contribution is 6.22. The van der Waals surface area contributed by atoms with Gasteiger partial charge in [0, 0.05) is 32.7 Å². The zero-order valence-corrected chi connectivity index (χ0v) is 17.0. The predicted octanol–water partition coefficient (Wildman–Crippen LogP) is 2.17. The number of amides is 2. The number of carbonyl (C=O) groups excluding carboxylic acids is 2. The molecule has 0 aliphatic carbocycles. The van der Waals surface area contributed by atoms with E-state index in [0.717, 1.165) is 49.8 Å². The smallest absolute Gasteiger partial charge is 0.251 e. The molecule has 0 N–H and O–H groups in total. The van der Waals surface area contributed by atoms with Crippen molar-refractivity contribution in [2.24, 2.45) is 0 Å². The Morgan fingerprint density at radius 2 is 1.73 bits per heavy atom. The fourth-order valence-corrected chi connectivity index (χ4v) is 4.50. The number of carbonyl (C=O) groups is 2. The molecule has 2 aromatic rings. The fourth-order valence-electron chi connectivity index (χ4n) is 4.50. The number of aryl methyl sites for hydroxylation is 1. The molecule has 1 atom stereocenters. The summed E-state index contributed by atoms with van der Waals surface area (Å²) in [4.78, 5) is 31.6. The highest BCUT2D eigenvalue weighted by Gasteiger charge is 2.43. The topological polar surface area (TPSA) is 62.3 Å². The van der Waals surface area contributed by atoms with E-state index >= 15 is 0 Å². The molecule has 0 aromatic heterocycles. The van der Waals surface area contributed by atoms with Crippen LogP contribution in [0, 0.1) is 6.92 Å². The van der Waals surface area contributed by atoms with Crippen LogP contribution in [0.3, 0.4) is 0 Å². The second-order valence-electron chi connectivity index (χ2n) is 8.07. The third kappa shape index (κ3) is 3.44. The van der Waals surface area contributed by atoms with Crippen molar-refractivity contribution in [3.63, 3.8) is 0 Å². The molecule has 3 heterocycles. The highest BCUT2D eigenvalue weighted by atomic mass is 16.7. The van der Waals surface area contributed by atoms with E-state index < -0.39 is 0 Å². The molecule has 0 saturated carbocycles. The molecule has 2 amide bonds. The number of rotatable bonds is 4. The number of ether oxygens (including phenoxy) is 2. The Morgan fingerprint density at radius 1 is 0.967 bits per heavy atom. The molecule has 5 rings (SSSR count). The maximum Gasteiger partial charge on any atom is 0.251 e. The van der Waals surface area contributed by atoms with Crippen LogP contribution in [-0.4, -0.2) is 60.6 Å². The molecular weight excluding hydrogens is 382 g/mol. The van der Waals surface area contributed by atoms with Gasteiger partial charge in [-0.2, -0.15) is 0 Å². The second-order valence-corrected chi connectivity index (χ2v) is 8.07. The summed E-state index contributed by atoms with van der Waals surface area (Å²) in [5.41, 5.74) is 2.83. The van der Waals surface area contributed by atoms with Gasteiger partial charge in [0.15, 0.2) is 11.5 Å². The molecule has 7 heteroatoms. The number of hydrogen-bond donors (Lipinski definition) is 0. The second kappa shape index (κ2) is 7.74. The van der Waals surface area contributed by atoms with Crippen LogP contribution in [0.4, 0.5) is 5.69 Å². The summed E-state index contributed by atoms with van der Waals surface area (Å²) >= 11 is 0. The molecule has 2 aromatic carbocycles. The zero-order chi connectivity index (χ0) is 20.7. The molecule has 3 aliphatic rings. The van der Waals surface area contributed by atoms with Gasteiger partial charge in [0.25, 0.3) is 5.91 Å². The Balaban J connectivity index is 1.21. The standard InChI is InChI=1S/C23H25N3O4/c1-16-4-2-3-5-18(16)26-22(27)13-19(23(26)28)25-10-8-24(9-11-25)14-17-6-7-20-21(12-17)30-15-29-20/h2-7,12,19H,8-11,13-15H2,1H3/t19-/m1/s1. The monoisotopic (exact) mass is 407 g/mol. The molecule has 2 fully saturated rings. The zero-order valence-electron chi connectivity index (χ0n) is 17.0. The van der Waals surface area contributed by atoms with Gasteiger partial charge in [-0.05, 0) is 36.2 Å². The van der Waals surface area contributed by atoms with Crippen LogP contribution in [-0.2, 0) is 16.1 Å². The Labute approximate surface area is 175 Å². The van der Waals surface area contributed by atoms with Crippen molar-refractivity contribution in [2.45, 2.75) is 25.9 Å². The largest absolute Gasteiger partial charge is 0.454 e. The summed E-state index contributed by atoms with van der Waals surface area (Å²) in [6.07, 6.45) is 0.259. The van der Waals surface area contributed by atoms with Crippen molar-refractivity contribution in [1.82, 2.24) is 9.80 Å². The molecular formula is C23H25N3O4. The summed E-state index contributed by atoms with van der Waals surface area (Å²) < 4.78 is 10.8. The van der Waals surface area contributed by atoms with Crippen molar-refractivity contribution in [3.8, 4) is 11.5 Å². The predicted molar refractivity (Wildman–Crippen MR) is 111 cm³/mol. The number of para-hydroxylation sites is 1. The van der Waals surface area contributed by atoms with Gasteiger partial charge in [-0.15, -0.1) is 0 Å². The average Bonchev–Trinajstić information content (AvgIpc) is 3.33. The van der Waals surface area contributed by atoms with E-state index in [1.807, 2.05) is 43.3 Å². The van der Waals surface area contributed by atoms with Crippen molar-refractivity contribution < 1.29 is 19.1 Å². The van der Waals surface area contributed by atoms with Crippen LogP contribution in [0.2, 0.25) is 0 Å². The quantitative estimate of drug-likeness (QED) is 0.724. The lowest BCUT2D eigenvalue weighted by atomic mass is 10.1. The van der Waals surface area contributed by atoms with E-state index in [4.69, 9.17) is 9.47 Å². The van der Waals surface area contributed by atoms with Gasteiger partial charge >= 0.3 is 0 Å². The van der Waals surface area contributed by atoms with Gasteiger partial charge in [-0.1, -0.05) is 24.3 Å². The molecule has 0 bridgehead atoms. The third-order valence-electron chi connectivity index (χ3n) is 6.17. The minimum atomic E-state index is -0.357. The Bertz CT molecular complexity index is 984. The Morgan fingerprint density at radius 3 is 2.53 bits per heavy atom. The lowest BCUT2D eigenvalue weighted by molar-refractivity contribution is -0.123. The summed E-state index contributed by atoms with van der Waals surface area (Å²) in [5.74, 6) is 1.39. The number of fused-ring (bicyclic) bond motifs is 1. The third-order valence-corrected chi connectivity index (χ3v) is 6.17. The van der Waals surface area contributed by atoms with E-state index in [2.05, 4.69) is 15.9 Å². The van der Waals surface area contributed by atoms with Crippen LogP contribution < -0.4 is 14.4 Å². The molecule has 0 spiro atoms. The summed E-state index contributed by atoms with van der Waals surface area (Å²) in [6.45, 7) is 6.31. The minimum absolute atomic E-state index is 0.0986. The molecule has 2 saturated heterocycles. The SMILES string of the molecule is Cc1ccccc1N1C(=O)C[C@@H](N2CCN(Cc3ccc4c(c3)OCO4)CC2)C1=O. The van der Waals surface area contributed by atoms with Crippen LogP contribution in [0.5, 0.6) is 11.5 Å². The van der Waals surface area contributed by atoms with Crippen LogP contribution >= 0.6 is 0 Å². The lowest BCUT2D eigenvalue weighted by Crippen LogP contribution is -2.52. The van der Waals surface area contributed by atoms with Gasteiger partial charge in [-0.25, -0.2) is 4.90 Å². The maximum atomic E-state index is 13.1. The van der Waals surface area contributed by atoms with E-state index in [-0.39, 0.29) is 31.1 Å². The van der Waals surface area contributed by atoms with Gasteiger partial charge < -0.3 is 9.47 Å². The van der Waals surface area contributed by atoms with E-state index in [1.165, 1.54) is 10.5 Å². The van der Waals surface area contributed by atoms with Crippen LogP contribution in [0.1, 0.15) is 17.5 Å². The first-order valence-corrected chi connectivity index (χ1v) is 10.4. The highest BCUT2D eigenvalue weighted by Crippen LogP contribution is 2.33. The molecule has 7 nitrogen and oxygen atoms in total. The number of nitrogens with zero attached hydrogens (tertiary/aromatic N) is 3. The number of imide groups is 1. The summed E-state index contributed by atoms with van der Waals surface area (Å²) in [5, 5.41) is 0. The number of hydrogen-bond acceptors (Lipinski definition) is 6. The Kier molecular flexibility index (Phi) is 4.92. The van der Waals surface area contributed by atoms with Crippen LogP contribution in [0.25, 0.3) is 0 Å². The molecule has 0 unspecified atom stereocenters. The molecule has 3 aliphatic heterocycles. The van der Waals surface area contributed by atoms with Crippen molar-refractivity contribution in [2.75, 3.05) is 37.9 Å². The van der Waals surface area contributed by atoms with Crippen LogP contribution in [0.15, 0.2) is 42.5 Å².